The van der Waals surface area contributed by atoms with Gasteiger partial charge in [0, 0.05) is 6.20 Å². The average molecular weight is 348 g/mol. The fourth-order valence-electron chi connectivity index (χ4n) is 3.07. The number of anilines is 1. The van der Waals surface area contributed by atoms with Crippen molar-refractivity contribution in [3.63, 3.8) is 0 Å². The maximum atomic E-state index is 10.5. The van der Waals surface area contributed by atoms with E-state index in [1.165, 1.54) is 24.2 Å². The third kappa shape index (κ3) is 2.21. The number of nitrogen functional groups attached to an aromatic ring is 1. The van der Waals surface area contributed by atoms with Crippen LogP contribution < -0.4 is 5.73 Å². The fourth-order valence-corrected chi connectivity index (χ4v) is 3.07. The highest BCUT2D eigenvalue weighted by molar-refractivity contribution is 5.99. The van der Waals surface area contributed by atoms with Gasteiger partial charge in [-0.3, -0.25) is 0 Å². The van der Waals surface area contributed by atoms with E-state index in [1.54, 1.807) is 6.20 Å². The standard InChI is InChI=1S/C14H16N6O5/c1-14(23)7(3-21)25-13(9(14)22)20-2-6(11-18-5-24-19-11)8-10(15)16-4-17-12(8)20/h2,4-5,7,9,13,21-23H,3H2,1H3,(H2,15,16,17)/t7-,9+,13?,14-/m1/s1. The largest absolute Gasteiger partial charge is 0.394 e. The molecule has 11 heteroatoms. The van der Waals surface area contributed by atoms with Gasteiger partial charge in [0.05, 0.1) is 17.6 Å². The van der Waals surface area contributed by atoms with Crippen molar-refractivity contribution in [3.05, 3.63) is 18.9 Å². The van der Waals surface area contributed by atoms with Crippen molar-refractivity contribution in [1.29, 1.82) is 0 Å². The average Bonchev–Trinajstić information content (AvgIpc) is 3.27. The molecule has 0 radical (unpaired) electrons. The van der Waals surface area contributed by atoms with Crippen molar-refractivity contribution < 1.29 is 24.6 Å². The summed E-state index contributed by atoms with van der Waals surface area (Å²) in [5.74, 6) is 0.463. The number of hydrogen-bond acceptors (Lipinski definition) is 10. The van der Waals surface area contributed by atoms with Gasteiger partial charge in [-0.2, -0.15) is 4.98 Å². The number of hydrogen-bond donors (Lipinski definition) is 4. The van der Waals surface area contributed by atoms with Crippen LogP contribution in [0.2, 0.25) is 0 Å². The summed E-state index contributed by atoms with van der Waals surface area (Å²) in [5.41, 5.74) is 5.19. The van der Waals surface area contributed by atoms with E-state index < -0.39 is 30.6 Å². The minimum absolute atomic E-state index is 0.196. The molecule has 25 heavy (non-hydrogen) atoms. The van der Waals surface area contributed by atoms with Crippen LogP contribution in [0.15, 0.2) is 23.4 Å². The first-order chi connectivity index (χ1) is 11.9. The first kappa shape index (κ1) is 15.9. The Bertz CT molecular complexity index is 908. The molecule has 1 fully saturated rings. The Morgan fingerprint density at radius 3 is 2.80 bits per heavy atom. The second kappa shape index (κ2) is 5.46. The SMILES string of the molecule is C[C@@]1(O)[C@@H](CO)OC(n2cc(-c3ncon3)c3c(N)ncnc32)[C@@H]1O. The van der Waals surface area contributed by atoms with Crippen LogP contribution in [0, 0.1) is 0 Å². The second-order valence-corrected chi connectivity index (χ2v) is 6.03. The third-order valence-electron chi connectivity index (χ3n) is 4.51. The maximum absolute atomic E-state index is 10.5. The number of nitrogens with zero attached hydrogens (tertiary/aromatic N) is 5. The van der Waals surface area contributed by atoms with Crippen molar-refractivity contribution in [3.8, 4) is 11.4 Å². The number of nitrogens with two attached hydrogens (primary N) is 1. The Balaban J connectivity index is 1.91. The molecule has 4 rings (SSSR count). The van der Waals surface area contributed by atoms with Crippen LogP contribution in [0.3, 0.4) is 0 Å². The smallest absolute Gasteiger partial charge is 0.214 e. The van der Waals surface area contributed by atoms with Crippen molar-refractivity contribution in [2.24, 2.45) is 0 Å². The number of ether oxygens (including phenoxy) is 1. The highest BCUT2D eigenvalue weighted by atomic mass is 16.6. The molecule has 4 heterocycles. The molecule has 0 amide bonds. The molecule has 3 aromatic rings. The summed E-state index contributed by atoms with van der Waals surface area (Å²) in [6, 6.07) is 0. The van der Waals surface area contributed by atoms with E-state index in [9.17, 15) is 15.3 Å². The van der Waals surface area contributed by atoms with E-state index in [1.807, 2.05) is 0 Å². The Morgan fingerprint density at radius 2 is 2.16 bits per heavy atom. The minimum Gasteiger partial charge on any atom is -0.394 e. The molecule has 132 valence electrons. The molecule has 5 N–H and O–H groups in total. The Kier molecular flexibility index (Phi) is 3.47. The lowest BCUT2D eigenvalue weighted by Gasteiger charge is -2.25. The summed E-state index contributed by atoms with van der Waals surface area (Å²) in [4.78, 5) is 12.2. The molecule has 0 saturated carbocycles. The van der Waals surface area contributed by atoms with Gasteiger partial charge in [0.1, 0.15) is 35.6 Å². The van der Waals surface area contributed by atoms with Crippen molar-refractivity contribution >= 4 is 16.9 Å². The van der Waals surface area contributed by atoms with Gasteiger partial charge in [-0.25, -0.2) is 9.97 Å². The van der Waals surface area contributed by atoms with Gasteiger partial charge in [0.2, 0.25) is 12.2 Å². The van der Waals surface area contributed by atoms with Gasteiger partial charge < -0.3 is 34.9 Å². The van der Waals surface area contributed by atoms with Crippen LogP contribution in [0.1, 0.15) is 13.2 Å². The first-order valence-electron chi connectivity index (χ1n) is 7.49. The van der Waals surface area contributed by atoms with Gasteiger partial charge in [-0.05, 0) is 6.92 Å². The van der Waals surface area contributed by atoms with Gasteiger partial charge in [0.25, 0.3) is 0 Å². The van der Waals surface area contributed by atoms with E-state index >= 15 is 0 Å². The molecule has 0 bridgehead atoms. The summed E-state index contributed by atoms with van der Waals surface area (Å²) >= 11 is 0. The fraction of sp³-hybridized carbons (Fsp3) is 0.429. The van der Waals surface area contributed by atoms with Crippen LogP contribution in [-0.4, -0.2) is 64.4 Å². The number of aromatic nitrogens is 5. The molecule has 3 aromatic heterocycles. The first-order valence-corrected chi connectivity index (χ1v) is 7.49. The molecular weight excluding hydrogens is 332 g/mol. The van der Waals surface area contributed by atoms with E-state index in [4.69, 9.17) is 15.0 Å². The van der Waals surface area contributed by atoms with Crippen LogP contribution in [0.5, 0.6) is 0 Å². The second-order valence-electron chi connectivity index (χ2n) is 6.03. The summed E-state index contributed by atoms with van der Waals surface area (Å²) in [5, 5.41) is 34.6. The van der Waals surface area contributed by atoms with E-state index in [0.29, 0.717) is 16.6 Å². The predicted molar refractivity (Wildman–Crippen MR) is 82.9 cm³/mol. The van der Waals surface area contributed by atoms with E-state index in [0.717, 1.165) is 0 Å². The van der Waals surface area contributed by atoms with E-state index in [2.05, 4.69) is 20.1 Å². The third-order valence-corrected chi connectivity index (χ3v) is 4.51. The lowest BCUT2D eigenvalue weighted by molar-refractivity contribution is -0.0804. The van der Waals surface area contributed by atoms with Gasteiger partial charge in [-0.1, -0.05) is 5.16 Å². The van der Waals surface area contributed by atoms with Crippen molar-refractivity contribution in [1.82, 2.24) is 24.7 Å². The number of fused-ring (bicyclic) bond motifs is 1. The molecule has 0 aromatic carbocycles. The van der Waals surface area contributed by atoms with Crippen LogP contribution in [-0.2, 0) is 4.74 Å². The highest BCUT2D eigenvalue weighted by Gasteiger charge is 2.53. The molecule has 1 aliphatic rings. The number of aliphatic hydroxyl groups is 3. The summed E-state index contributed by atoms with van der Waals surface area (Å²) in [7, 11) is 0. The molecular formula is C14H16N6O5. The lowest BCUT2D eigenvalue weighted by atomic mass is 9.95. The lowest BCUT2D eigenvalue weighted by Crippen LogP contribution is -2.46. The van der Waals surface area contributed by atoms with Gasteiger partial charge in [0.15, 0.2) is 6.23 Å². The molecule has 0 spiro atoms. The van der Waals surface area contributed by atoms with Crippen LogP contribution >= 0.6 is 0 Å². The summed E-state index contributed by atoms with van der Waals surface area (Å²) in [6.07, 6.45) is 0.768. The topological polar surface area (TPSA) is 166 Å². The monoisotopic (exact) mass is 348 g/mol. The van der Waals surface area contributed by atoms with Crippen molar-refractivity contribution in [2.45, 2.75) is 31.0 Å². The summed E-state index contributed by atoms with van der Waals surface area (Å²) in [6.45, 7) is 0.947. The zero-order valence-electron chi connectivity index (χ0n) is 13.1. The summed E-state index contributed by atoms with van der Waals surface area (Å²) < 4.78 is 11.9. The quantitative estimate of drug-likeness (QED) is 0.464. The molecule has 1 aliphatic heterocycles. The van der Waals surface area contributed by atoms with Crippen LogP contribution in [0.4, 0.5) is 5.82 Å². The normalized spacial score (nSPS) is 29.5. The van der Waals surface area contributed by atoms with E-state index in [-0.39, 0.29) is 11.6 Å². The zero-order chi connectivity index (χ0) is 17.8. The zero-order valence-corrected chi connectivity index (χ0v) is 13.1. The molecule has 4 atom stereocenters. The molecule has 11 nitrogen and oxygen atoms in total. The van der Waals surface area contributed by atoms with Crippen LogP contribution in [0.25, 0.3) is 22.4 Å². The number of aliphatic hydroxyl groups excluding tert-OH is 2. The van der Waals surface area contributed by atoms with Gasteiger partial charge >= 0.3 is 0 Å². The highest BCUT2D eigenvalue weighted by Crippen LogP contribution is 2.40. The van der Waals surface area contributed by atoms with Gasteiger partial charge in [-0.15, -0.1) is 0 Å². The predicted octanol–water partition coefficient (Wildman–Crippen LogP) is -0.935. The molecule has 0 aliphatic carbocycles. The number of rotatable bonds is 3. The maximum Gasteiger partial charge on any atom is 0.214 e. The Morgan fingerprint density at radius 1 is 1.36 bits per heavy atom. The van der Waals surface area contributed by atoms with Crippen molar-refractivity contribution in [2.75, 3.05) is 12.3 Å². The molecule has 1 unspecified atom stereocenters. The Labute approximate surface area is 140 Å². The Hall–Kier alpha value is -2.60. The minimum atomic E-state index is -1.64. The molecule has 1 saturated heterocycles.